The van der Waals surface area contributed by atoms with Crippen LogP contribution in [0.2, 0.25) is 0 Å². The molecule has 4 heteroatoms. The fourth-order valence-corrected chi connectivity index (χ4v) is 2.77. The SMILES string of the molecule is CCC(C)CCOC(=O)c1c2ccc(O)cc2n2ccccc12. The topological polar surface area (TPSA) is 50.9 Å². The van der Waals surface area contributed by atoms with Crippen molar-refractivity contribution in [2.24, 2.45) is 5.92 Å². The zero-order chi connectivity index (χ0) is 16.4. The number of pyridine rings is 1. The van der Waals surface area contributed by atoms with Gasteiger partial charge in [-0.25, -0.2) is 4.79 Å². The third kappa shape index (κ3) is 2.89. The van der Waals surface area contributed by atoms with Crippen LogP contribution in [0.4, 0.5) is 0 Å². The normalized spacial score (nSPS) is 12.6. The van der Waals surface area contributed by atoms with E-state index in [4.69, 9.17) is 4.74 Å². The molecule has 0 fully saturated rings. The quantitative estimate of drug-likeness (QED) is 0.711. The highest BCUT2D eigenvalue weighted by molar-refractivity contribution is 6.11. The van der Waals surface area contributed by atoms with Crippen LogP contribution in [0.25, 0.3) is 16.4 Å². The predicted molar refractivity (Wildman–Crippen MR) is 90.9 cm³/mol. The Labute approximate surface area is 135 Å². The van der Waals surface area contributed by atoms with Crippen LogP contribution in [0.3, 0.4) is 0 Å². The smallest absolute Gasteiger partial charge is 0.340 e. The van der Waals surface area contributed by atoms with E-state index in [1.54, 1.807) is 18.2 Å². The van der Waals surface area contributed by atoms with E-state index in [0.717, 1.165) is 29.3 Å². The Morgan fingerprint density at radius 3 is 2.87 bits per heavy atom. The lowest BCUT2D eigenvalue weighted by Gasteiger charge is -2.09. The Morgan fingerprint density at radius 2 is 2.09 bits per heavy atom. The summed E-state index contributed by atoms with van der Waals surface area (Å²) in [4.78, 5) is 12.6. The molecule has 1 aromatic carbocycles. The van der Waals surface area contributed by atoms with Crippen molar-refractivity contribution >= 4 is 22.4 Å². The lowest BCUT2D eigenvalue weighted by molar-refractivity contribution is 0.0489. The first-order valence-electron chi connectivity index (χ1n) is 8.00. The van der Waals surface area contributed by atoms with Crippen molar-refractivity contribution < 1.29 is 14.6 Å². The number of esters is 1. The average Bonchev–Trinajstić information content (AvgIpc) is 2.88. The number of fused-ring (bicyclic) bond motifs is 3. The molecule has 3 aromatic rings. The molecule has 23 heavy (non-hydrogen) atoms. The van der Waals surface area contributed by atoms with Crippen molar-refractivity contribution in [1.82, 2.24) is 4.40 Å². The Hall–Kier alpha value is -2.49. The molecule has 0 spiro atoms. The van der Waals surface area contributed by atoms with Crippen molar-refractivity contribution in [3.63, 3.8) is 0 Å². The highest BCUT2D eigenvalue weighted by Gasteiger charge is 2.19. The summed E-state index contributed by atoms with van der Waals surface area (Å²) < 4.78 is 7.39. The number of rotatable bonds is 5. The summed E-state index contributed by atoms with van der Waals surface area (Å²) in [5.74, 6) is 0.414. The minimum absolute atomic E-state index is 0.178. The highest BCUT2D eigenvalue weighted by atomic mass is 16.5. The number of aromatic hydroxyl groups is 1. The Morgan fingerprint density at radius 1 is 1.26 bits per heavy atom. The fraction of sp³-hybridized carbons (Fsp3) is 0.316. The van der Waals surface area contributed by atoms with E-state index in [0.29, 0.717) is 18.1 Å². The van der Waals surface area contributed by atoms with Gasteiger partial charge in [0.1, 0.15) is 5.75 Å². The van der Waals surface area contributed by atoms with E-state index in [1.807, 2.05) is 28.8 Å². The molecule has 0 aliphatic carbocycles. The van der Waals surface area contributed by atoms with Crippen LogP contribution in [0.15, 0.2) is 42.6 Å². The molecule has 0 aliphatic heterocycles. The van der Waals surface area contributed by atoms with Crippen molar-refractivity contribution in [1.29, 1.82) is 0 Å². The Bertz CT molecular complexity index is 850. The number of benzene rings is 1. The van der Waals surface area contributed by atoms with Gasteiger partial charge in [-0.1, -0.05) is 26.3 Å². The first-order chi connectivity index (χ1) is 11.1. The van der Waals surface area contributed by atoms with Gasteiger partial charge in [-0.15, -0.1) is 0 Å². The van der Waals surface area contributed by atoms with Crippen molar-refractivity contribution in [3.05, 3.63) is 48.2 Å². The standard InChI is InChI=1S/C19H21NO3/c1-3-13(2)9-11-23-19(22)18-15-8-7-14(21)12-17(15)20-10-5-4-6-16(18)20/h4-8,10,12-13,21H,3,9,11H2,1-2H3. The number of phenolic OH excluding ortho intramolecular Hbond substituents is 1. The van der Waals surface area contributed by atoms with Gasteiger partial charge in [0.15, 0.2) is 0 Å². The maximum absolute atomic E-state index is 12.6. The van der Waals surface area contributed by atoms with Gasteiger partial charge in [-0.2, -0.15) is 0 Å². The second-order valence-electron chi connectivity index (χ2n) is 5.97. The van der Waals surface area contributed by atoms with E-state index < -0.39 is 0 Å². The molecule has 1 atom stereocenters. The van der Waals surface area contributed by atoms with E-state index >= 15 is 0 Å². The molecule has 0 bridgehead atoms. The van der Waals surface area contributed by atoms with Crippen LogP contribution in [0.1, 0.15) is 37.0 Å². The fourth-order valence-electron chi connectivity index (χ4n) is 2.77. The summed E-state index contributed by atoms with van der Waals surface area (Å²) in [7, 11) is 0. The van der Waals surface area contributed by atoms with Crippen molar-refractivity contribution in [2.75, 3.05) is 6.61 Å². The van der Waals surface area contributed by atoms with Gasteiger partial charge in [0.25, 0.3) is 0 Å². The maximum atomic E-state index is 12.6. The zero-order valence-corrected chi connectivity index (χ0v) is 13.5. The van der Waals surface area contributed by atoms with Gasteiger partial charge < -0.3 is 14.2 Å². The molecule has 2 aromatic heterocycles. The second-order valence-corrected chi connectivity index (χ2v) is 5.97. The molecule has 120 valence electrons. The number of carbonyl (C=O) groups is 1. The number of hydrogen-bond donors (Lipinski definition) is 1. The second kappa shape index (κ2) is 6.32. The van der Waals surface area contributed by atoms with Crippen molar-refractivity contribution in [2.45, 2.75) is 26.7 Å². The van der Waals surface area contributed by atoms with E-state index in [2.05, 4.69) is 13.8 Å². The first kappa shape index (κ1) is 15.4. The van der Waals surface area contributed by atoms with Gasteiger partial charge in [0.05, 0.1) is 23.2 Å². The Kier molecular flexibility index (Phi) is 4.24. The largest absolute Gasteiger partial charge is 0.508 e. The maximum Gasteiger partial charge on any atom is 0.340 e. The molecule has 1 unspecified atom stereocenters. The summed E-state index contributed by atoms with van der Waals surface area (Å²) in [6, 6.07) is 10.7. The zero-order valence-electron chi connectivity index (χ0n) is 13.5. The molecule has 2 heterocycles. The van der Waals surface area contributed by atoms with Crippen LogP contribution in [-0.2, 0) is 4.74 Å². The van der Waals surface area contributed by atoms with Crippen LogP contribution >= 0.6 is 0 Å². The van der Waals surface area contributed by atoms with Crippen LogP contribution in [0, 0.1) is 5.92 Å². The van der Waals surface area contributed by atoms with Crippen molar-refractivity contribution in [3.8, 4) is 5.75 Å². The summed E-state index contributed by atoms with van der Waals surface area (Å²) in [6.45, 7) is 4.71. The number of phenols is 1. The summed E-state index contributed by atoms with van der Waals surface area (Å²) >= 11 is 0. The van der Waals surface area contributed by atoms with Gasteiger partial charge in [-0.3, -0.25) is 0 Å². The first-order valence-corrected chi connectivity index (χ1v) is 8.00. The van der Waals surface area contributed by atoms with Gasteiger partial charge in [-0.05, 0) is 36.6 Å². The summed E-state index contributed by atoms with van der Waals surface area (Å²) in [5, 5.41) is 10.5. The average molecular weight is 311 g/mol. The third-order valence-corrected chi connectivity index (χ3v) is 4.37. The molecule has 1 N–H and O–H groups in total. The summed E-state index contributed by atoms with van der Waals surface area (Å²) in [6.07, 6.45) is 3.83. The molecule has 0 saturated heterocycles. The van der Waals surface area contributed by atoms with Crippen LogP contribution in [0.5, 0.6) is 5.75 Å². The van der Waals surface area contributed by atoms with E-state index in [1.165, 1.54) is 0 Å². The number of aromatic nitrogens is 1. The predicted octanol–water partition coefficient (Wildman–Crippen LogP) is 4.39. The summed E-state index contributed by atoms with van der Waals surface area (Å²) in [5.41, 5.74) is 2.15. The number of hydrogen-bond acceptors (Lipinski definition) is 3. The van der Waals surface area contributed by atoms with Crippen LogP contribution in [-0.4, -0.2) is 22.1 Å². The number of nitrogens with zero attached hydrogens (tertiary/aromatic N) is 1. The van der Waals surface area contributed by atoms with Gasteiger partial charge in [0, 0.05) is 17.6 Å². The monoisotopic (exact) mass is 311 g/mol. The van der Waals surface area contributed by atoms with E-state index in [9.17, 15) is 9.90 Å². The van der Waals surface area contributed by atoms with Gasteiger partial charge in [0.2, 0.25) is 0 Å². The molecule has 3 rings (SSSR count). The van der Waals surface area contributed by atoms with E-state index in [-0.39, 0.29) is 11.7 Å². The molecule has 0 radical (unpaired) electrons. The number of ether oxygens (including phenoxy) is 1. The molecule has 0 saturated carbocycles. The number of carbonyl (C=O) groups excluding carboxylic acids is 1. The lowest BCUT2D eigenvalue weighted by Crippen LogP contribution is -2.09. The molecular formula is C19H21NO3. The third-order valence-electron chi connectivity index (χ3n) is 4.37. The molecular weight excluding hydrogens is 290 g/mol. The highest BCUT2D eigenvalue weighted by Crippen LogP contribution is 2.30. The molecule has 0 aliphatic rings. The minimum atomic E-state index is -0.308. The minimum Gasteiger partial charge on any atom is -0.508 e. The molecule has 0 amide bonds. The van der Waals surface area contributed by atoms with Crippen LogP contribution < -0.4 is 0 Å². The lowest BCUT2D eigenvalue weighted by atomic mass is 10.1. The molecule has 4 nitrogen and oxygen atoms in total. The van der Waals surface area contributed by atoms with Gasteiger partial charge >= 0.3 is 5.97 Å². The Balaban J connectivity index is 2.00.